The number of hydrogen-bond donors (Lipinski definition) is 0. The molecule has 1 aliphatic rings. The molecular weight excluding hydrogens is 385 g/mol. The van der Waals surface area contributed by atoms with Gasteiger partial charge in [-0.2, -0.15) is 0 Å². The van der Waals surface area contributed by atoms with E-state index in [1.54, 1.807) is 37.3 Å². The number of amides is 1. The molecule has 2 aromatic rings. The van der Waals surface area contributed by atoms with Gasteiger partial charge in [-0.3, -0.25) is 4.79 Å². The topological polar surface area (TPSA) is 38.8 Å². The molecule has 0 N–H and O–H groups in total. The monoisotopic (exact) mass is 407 g/mol. The Bertz CT molecular complexity index is 788. The fourth-order valence-corrected chi connectivity index (χ4v) is 4.26. The maximum absolute atomic E-state index is 12.5. The van der Waals surface area contributed by atoms with Gasteiger partial charge in [-0.25, -0.2) is 0 Å². The van der Waals surface area contributed by atoms with Crippen molar-refractivity contribution in [2.24, 2.45) is 5.92 Å². The zero-order valence-corrected chi connectivity index (χ0v) is 17.0. The molecule has 6 heteroatoms. The zero-order valence-electron chi connectivity index (χ0n) is 15.5. The molecule has 1 saturated heterocycles. The van der Waals surface area contributed by atoms with E-state index in [2.05, 4.69) is 6.07 Å². The minimum absolute atomic E-state index is 0.0567. The van der Waals surface area contributed by atoms with Crippen LogP contribution in [0.15, 0.2) is 42.5 Å². The normalized spacial score (nSPS) is 17.6. The molecule has 0 radical (unpaired) electrons. The first-order valence-corrected chi connectivity index (χ1v) is 9.68. The summed E-state index contributed by atoms with van der Waals surface area (Å²) in [4.78, 5) is 14.3. The molecule has 4 nitrogen and oxygen atoms in total. The van der Waals surface area contributed by atoms with Crippen molar-refractivity contribution in [2.45, 2.75) is 25.6 Å². The maximum atomic E-state index is 12.5. The lowest BCUT2D eigenvalue weighted by Crippen LogP contribution is -2.41. The molecule has 144 valence electrons. The largest absolute Gasteiger partial charge is 0.352 e. The van der Waals surface area contributed by atoms with E-state index in [-0.39, 0.29) is 5.91 Å². The number of anilines is 1. The number of halogens is 2. The van der Waals surface area contributed by atoms with Crippen molar-refractivity contribution in [1.29, 1.82) is 0 Å². The number of piperidine rings is 1. The molecule has 1 aliphatic heterocycles. The van der Waals surface area contributed by atoms with Crippen LogP contribution in [0.5, 0.6) is 0 Å². The van der Waals surface area contributed by atoms with E-state index in [9.17, 15) is 4.79 Å². The highest BCUT2D eigenvalue weighted by Crippen LogP contribution is 2.37. The van der Waals surface area contributed by atoms with Crippen LogP contribution in [0.3, 0.4) is 0 Å². The second-order valence-electron chi connectivity index (χ2n) is 6.69. The fraction of sp³-hybridized carbons (Fsp3) is 0.381. The van der Waals surface area contributed by atoms with Crippen molar-refractivity contribution in [1.82, 2.24) is 0 Å². The van der Waals surface area contributed by atoms with Crippen molar-refractivity contribution < 1.29 is 14.3 Å². The average molecular weight is 408 g/mol. The highest BCUT2D eigenvalue weighted by atomic mass is 35.5. The fourth-order valence-electron chi connectivity index (χ4n) is 3.65. The summed E-state index contributed by atoms with van der Waals surface area (Å²) in [7, 11) is 3.26. The minimum atomic E-state index is -0.402. The van der Waals surface area contributed by atoms with Gasteiger partial charge in [0.25, 0.3) is 0 Å². The van der Waals surface area contributed by atoms with Crippen LogP contribution in [0.25, 0.3) is 0 Å². The van der Waals surface area contributed by atoms with Gasteiger partial charge in [0.2, 0.25) is 5.91 Å². The number of carbonyl (C=O) groups excluding carboxylic acids is 1. The minimum Gasteiger partial charge on any atom is -0.352 e. The third kappa shape index (κ3) is 4.46. The highest BCUT2D eigenvalue weighted by molar-refractivity contribution is 6.39. The Morgan fingerprint density at radius 3 is 2.41 bits per heavy atom. The summed E-state index contributed by atoms with van der Waals surface area (Å²) >= 11 is 12.7. The van der Waals surface area contributed by atoms with Gasteiger partial charge in [0.15, 0.2) is 6.29 Å². The number of ether oxygens (including phenoxy) is 2. The Kier molecular flexibility index (Phi) is 6.77. The van der Waals surface area contributed by atoms with E-state index in [1.807, 2.05) is 18.2 Å². The Labute approximate surface area is 170 Å². The van der Waals surface area contributed by atoms with Crippen molar-refractivity contribution in [3.63, 3.8) is 0 Å². The summed E-state index contributed by atoms with van der Waals surface area (Å²) in [5.74, 6) is 0.353. The number of rotatable bonds is 6. The van der Waals surface area contributed by atoms with Crippen LogP contribution in [-0.2, 0) is 20.7 Å². The Morgan fingerprint density at radius 2 is 1.74 bits per heavy atom. The molecular formula is C21H23Cl2NO3. The van der Waals surface area contributed by atoms with Gasteiger partial charge in [0.1, 0.15) is 0 Å². The van der Waals surface area contributed by atoms with E-state index in [1.165, 1.54) is 0 Å². The van der Waals surface area contributed by atoms with Crippen LogP contribution in [-0.4, -0.2) is 26.7 Å². The molecule has 0 aromatic heterocycles. The van der Waals surface area contributed by atoms with Gasteiger partial charge in [-0.1, -0.05) is 53.5 Å². The summed E-state index contributed by atoms with van der Waals surface area (Å²) in [6, 6.07) is 13.4. The number of benzene rings is 2. The van der Waals surface area contributed by atoms with Gasteiger partial charge < -0.3 is 14.4 Å². The smallest absolute Gasteiger partial charge is 0.227 e. The van der Waals surface area contributed by atoms with Crippen LogP contribution >= 0.6 is 23.2 Å². The van der Waals surface area contributed by atoms with Crippen LogP contribution in [0, 0.1) is 5.92 Å². The van der Waals surface area contributed by atoms with E-state index in [4.69, 9.17) is 32.7 Å². The number of nitrogens with zero attached hydrogens (tertiary/aromatic N) is 1. The molecule has 2 aromatic carbocycles. The average Bonchev–Trinajstić information content (AvgIpc) is 2.66. The van der Waals surface area contributed by atoms with Crippen molar-refractivity contribution in [3.8, 4) is 0 Å². The molecule has 1 atom stereocenters. The molecule has 1 fully saturated rings. The summed E-state index contributed by atoms with van der Waals surface area (Å²) in [5, 5.41) is 0.992. The lowest BCUT2D eigenvalue weighted by atomic mass is 9.88. The van der Waals surface area contributed by atoms with Gasteiger partial charge in [-0.05, 0) is 36.5 Å². The van der Waals surface area contributed by atoms with Gasteiger partial charge in [0, 0.05) is 32.7 Å². The van der Waals surface area contributed by atoms with Crippen molar-refractivity contribution >= 4 is 34.8 Å². The zero-order chi connectivity index (χ0) is 19.4. The Morgan fingerprint density at radius 1 is 1.07 bits per heavy atom. The third-order valence-corrected chi connectivity index (χ3v) is 5.57. The number of carbonyl (C=O) groups is 1. The quantitative estimate of drug-likeness (QED) is 0.612. The molecule has 0 saturated carbocycles. The second-order valence-corrected chi connectivity index (χ2v) is 7.50. The first-order valence-electron chi connectivity index (χ1n) is 8.93. The predicted octanol–water partition coefficient (Wildman–Crippen LogP) is 5.27. The number of para-hydroxylation sites is 1. The van der Waals surface area contributed by atoms with Crippen LogP contribution in [0.1, 0.15) is 30.3 Å². The maximum Gasteiger partial charge on any atom is 0.227 e. The van der Waals surface area contributed by atoms with Gasteiger partial charge in [0.05, 0.1) is 15.7 Å². The lowest BCUT2D eigenvalue weighted by Gasteiger charge is -2.34. The van der Waals surface area contributed by atoms with E-state index < -0.39 is 6.29 Å². The van der Waals surface area contributed by atoms with Crippen molar-refractivity contribution in [2.75, 3.05) is 25.7 Å². The summed E-state index contributed by atoms with van der Waals surface area (Å²) < 4.78 is 10.9. The van der Waals surface area contributed by atoms with Gasteiger partial charge in [-0.15, -0.1) is 0 Å². The van der Waals surface area contributed by atoms with Crippen LogP contribution < -0.4 is 4.90 Å². The second kappa shape index (κ2) is 9.07. The highest BCUT2D eigenvalue weighted by Gasteiger charge is 2.30. The molecule has 1 amide bonds. The molecule has 0 aliphatic carbocycles. The molecule has 1 heterocycles. The molecule has 27 heavy (non-hydrogen) atoms. The summed E-state index contributed by atoms with van der Waals surface area (Å²) in [5.41, 5.74) is 2.79. The summed E-state index contributed by atoms with van der Waals surface area (Å²) in [6.45, 7) is 0.585. The SMILES string of the molecule is COC(OC)c1ccccc1CC1CCC(=O)N(c2c(Cl)cccc2Cl)C1. The van der Waals surface area contributed by atoms with Crippen LogP contribution in [0.4, 0.5) is 5.69 Å². The van der Waals surface area contributed by atoms with E-state index >= 15 is 0 Å². The molecule has 3 rings (SSSR count). The molecule has 1 unspecified atom stereocenters. The Hall–Kier alpha value is -1.59. The van der Waals surface area contributed by atoms with E-state index in [0.717, 1.165) is 24.0 Å². The third-order valence-electron chi connectivity index (χ3n) is 4.96. The number of methoxy groups -OCH3 is 2. The van der Waals surface area contributed by atoms with Crippen LogP contribution in [0.2, 0.25) is 10.0 Å². The Balaban J connectivity index is 1.83. The first-order chi connectivity index (χ1) is 13.0. The predicted molar refractivity (Wildman–Crippen MR) is 108 cm³/mol. The lowest BCUT2D eigenvalue weighted by molar-refractivity contribution is -0.120. The van der Waals surface area contributed by atoms with E-state index in [0.29, 0.717) is 34.6 Å². The van der Waals surface area contributed by atoms with Gasteiger partial charge >= 0.3 is 0 Å². The first kappa shape index (κ1) is 20.2. The number of hydrogen-bond acceptors (Lipinski definition) is 3. The standard InChI is InChI=1S/C21H23Cl2NO3/c1-26-21(27-2)16-7-4-3-6-15(16)12-14-10-11-19(25)24(13-14)20-17(22)8-5-9-18(20)23/h3-9,14,21H,10-13H2,1-2H3. The summed E-state index contributed by atoms with van der Waals surface area (Å²) in [6.07, 6.45) is 1.73. The van der Waals surface area contributed by atoms with Crippen molar-refractivity contribution in [3.05, 3.63) is 63.6 Å². The molecule has 0 spiro atoms. The molecule has 0 bridgehead atoms.